The molecule has 0 spiro atoms. The van der Waals surface area contributed by atoms with Gasteiger partial charge in [0.25, 0.3) is 0 Å². The third kappa shape index (κ3) is 5.72. The Hall–Kier alpha value is -2.04. The summed E-state index contributed by atoms with van der Waals surface area (Å²) < 4.78 is 69.0. The van der Waals surface area contributed by atoms with Gasteiger partial charge in [0.1, 0.15) is 5.60 Å². The van der Waals surface area contributed by atoms with Crippen LogP contribution in [-0.4, -0.2) is 30.6 Å². The molecule has 0 saturated heterocycles. The lowest BCUT2D eigenvalue weighted by molar-refractivity contribution is -0.0501. The number of hydrogen-bond acceptors (Lipinski definition) is 6. The average Bonchev–Trinajstić information content (AvgIpc) is 2.66. The van der Waals surface area contributed by atoms with Crippen molar-refractivity contribution in [1.82, 2.24) is 10.3 Å². The average molecular weight is 410 g/mol. The van der Waals surface area contributed by atoms with E-state index in [4.69, 9.17) is 4.74 Å². The summed E-state index contributed by atoms with van der Waals surface area (Å²) >= 11 is 0. The molecule has 0 saturated carbocycles. The molecule has 11 heteroatoms. The highest BCUT2D eigenvalue weighted by Crippen LogP contribution is 2.32. The fraction of sp³-hybridized carbons (Fsp3) is 0.625. The highest BCUT2D eigenvalue weighted by molar-refractivity contribution is 7.87. The molecule has 1 heterocycles. The maximum absolute atomic E-state index is 12.5. The van der Waals surface area contributed by atoms with E-state index in [1.54, 1.807) is 20.8 Å². The Morgan fingerprint density at radius 2 is 1.93 bits per heavy atom. The van der Waals surface area contributed by atoms with E-state index in [-0.39, 0.29) is 0 Å². The Morgan fingerprint density at radius 3 is 2.52 bits per heavy atom. The normalized spacial score (nSPS) is 18.2. The lowest BCUT2D eigenvalue weighted by atomic mass is 10.0. The van der Waals surface area contributed by atoms with E-state index in [0.717, 1.165) is 18.9 Å². The number of carbonyl (C=O) groups is 1. The third-order valence-electron chi connectivity index (χ3n) is 3.73. The Bertz CT molecular complexity index is 803. The van der Waals surface area contributed by atoms with E-state index in [0.29, 0.717) is 24.0 Å². The maximum Gasteiger partial charge on any atom is 0.534 e. The minimum atomic E-state index is -5.79. The third-order valence-corrected chi connectivity index (χ3v) is 4.69. The minimum Gasteiger partial charge on any atom is -0.444 e. The van der Waals surface area contributed by atoms with E-state index in [1.165, 1.54) is 6.20 Å². The number of alkyl halides is 3. The zero-order valence-electron chi connectivity index (χ0n) is 15.1. The highest BCUT2D eigenvalue weighted by Gasteiger charge is 2.49. The first-order chi connectivity index (χ1) is 12.3. The van der Waals surface area contributed by atoms with Gasteiger partial charge in [-0.05, 0) is 51.2 Å². The molecule has 0 aliphatic heterocycles. The number of ether oxygens (including phenoxy) is 1. The van der Waals surface area contributed by atoms with Crippen LogP contribution in [0.1, 0.15) is 57.2 Å². The molecule has 1 aromatic heterocycles. The minimum absolute atomic E-state index is 0.446. The predicted octanol–water partition coefficient (Wildman–Crippen LogP) is 3.60. The molecule has 1 amide bonds. The molecule has 0 bridgehead atoms. The van der Waals surface area contributed by atoms with Crippen LogP contribution in [0.25, 0.3) is 0 Å². The molecule has 1 aliphatic rings. The summed E-state index contributed by atoms with van der Waals surface area (Å²) in [5, 5.41) is 2.72. The van der Waals surface area contributed by atoms with E-state index < -0.39 is 39.2 Å². The number of nitrogens with zero attached hydrogens (tertiary/aromatic N) is 1. The molecule has 1 N–H and O–H groups in total. The summed E-state index contributed by atoms with van der Waals surface area (Å²) in [5.41, 5.74) is -5.06. The number of hydrogen-bond donors (Lipinski definition) is 1. The molecule has 0 aromatic carbocycles. The zero-order chi connectivity index (χ0) is 20.5. The van der Waals surface area contributed by atoms with Gasteiger partial charge in [-0.2, -0.15) is 21.6 Å². The Kier molecular flexibility index (Phi) is 5.93. The monoisotopic (exact) mass is 410 g/mol. The van der Waals surface area contributed by atoms with Gasteiger partial charge in [0.15, 0.2) is 0 Å². The van der Waals surface area contributed by atoms with Gasteiger partial charge >= 0.3 is 21.7 Å². The van der Waals surface area contributed by atoms with Crippen molar-refractivity contribution in [3.8, 4) is 5.88 Å². The van der Waals surface area contributed by atoms with Crippen molar-refractivity contribution in [1.29, 1.82) is 0 Å². The van der Waals surface area contributed by atoms with Crippen LogP contribution < -0.4 is 9.50 Å². The number of nitrogens with one attached hydrogen (secondary N) is 1. The van der Waals surface area contributed by atoms with Crippen LogP contribution in [0.5, 0.6) is 5.88 Å². The number of amides is 1. The molecular formula is C16H21F3N2O5S. The number of halogens is 3. The van der Waals surface area contributed by atoms with E-state index in [2.05, 4.69) is 14.5 Å². The van der Waals surface area contributed by atoms with Gasteiger partial charge < -0.3 is 14.2 Å². The lowest BCUT2D eigenvalue weighted by Crippen LogP contribution is -2.35. The number of aromatic nitrogens is 1. The second kappa shape index (κ2) is 7.53. The summed E-state index contributed by atoms with van der Waals surface area (Å²) in [6, 6.07) is 0.714. The van der Waals surface area contributed by atoms with Crippen LogP contribution in [0, 0.1) is 0 Å². The van der Waals surface area contributed by atoms with E-state index in [1.807, 2.05) is 0 Å². The molecular weight excluding hydrogens is 389 g/mol. The van der Waals surface area contributed by atoms with Gasteiger partial charge in [0.05, 0.1) is 6.04 Å². The van der Waals surface area contributed by atoms with Crippen LogP contribution in [-0.2, 0) is 21.3 Å². The molecule has 1 unspecified atom stereocenters. The number of carbonyl (C=O) groups excluding carboxylic acids is 1. The second-order valence-electron chi connectivity index (χ2n) is 7.15. The quantitative estimate of drug-likeness (QED) is 0.465. The van der Waals surface area contributed by atoms with Crippen molar-refractivity contribution in [2.75, 3.05) is 0 Å². The van der Waals surface area contributed by atoms with Crippen LogP contribution in [0.2, 0.25) is 0 Å². The van der Waals surface area contributed by atoms with Gasteiger partial charge in [0, 0.05) is 12.3 Å². The fourth-order valence-corrected chi connectivity index (χ4v) is 3.05. The largest absolute Gasteiger partial charge is 0.534 e. The number of alkyl carbamates (subject to hydrolysis) is 1. The molecule has 152 valence electrons. The molecule has 1 atom stereocenters. The van der Waals surface area contributed by atoms with Crippen molar-refractivity contribution >= 4 is 16.2 Å². The first-order valence-corrected chi connectivity index (χ1v) is 9.68. The summed E-state index contributed by atoms with van der Waals surface area (Å²) in [7, 11) is -5.79. The summed E-state index contributed by atoms with van der Waals surface area (Å²) in [6.07, 6.45) is 3.16. The van der Waals surface area contributed by atoms with Crippen molar-refractivity contribution in [3.05, 3.63) is 23.4 Å². The fourth-order valence-electron chi connectivity index (χ4n) is 2.64. The smallest absolute Gasteiger partial charge is 0.444 e. The molecule has 27 heavy (non-hydrogen) atoms. The molecule has 7 nitrogen and oxygen atoms in total. The molecule has 1 aromatic rings. The van der Waals surface area contributed by atoms with Crippen LogP contribution >= 0.6 is 0 Å². The molecule has 2 rings (SSSR count). The van der Waals surface area contributed by atoms with Gasteiger partial charge in [-0.1, -0.05) is 6.42 Å². The van der Waals surface area contributed by atoms with Gasteiger partial charge in [-0.25, -0.2) is 9.78 Å². The topological polar surface area (TPSA) is 94.6 Å². The summed E-state index contributed by atoms with van der Waals surface area (Å²) in [5.74, 6) is -0.663. The molecule has 0 fully saturated rings. The first kappa shape index (κ1) is 21.3. The standard InChI is InChI=1S/C16H21F3N2O5S/c1-15(2,3)25-14(22)21-12-7-5-4-6-10-8-13(20-9-11(10)12)26-27(23,24)16(17,18)19/h8-9,12H,4-7H2,1-3H3,(H,21,22). The van der Waals surface area contributed by atoms with Crippen molar-refractivity contribution < 1.29 is 35.3 Å². The molecule has 0 radical (unpaired) electrons. The number of fused-ring (bicyclic) bond motifs is 1. The van der Waals surface area contributed by atoms with Gasteiger partial charge in [-0.15, -0.1) is 0 Å². The predicted molar refractivity (Wildman–Crippen MR) is 89.5 cm³/mol. The first-order valence-electron chi connectivity index (χ1n) is 8.27. The Morgan fingerprint density at radius 1 is 1.26 bits per heavy atom. The van der Waals surface area contributed by atoms with Crippen LogP contribution in [0.15, 0.2) is 12.3 Å². The molecule has 1 aliphatic carbocycles. The van der Waals surface area contributed by atoms with Gasteiger partial charge in [0.2, 0.25) is 5.88 Å². The van der Waals surface area contributed by atoms with E-state index >= 15 is 0 Å². The van der Waals surface area contributed by atoms with Gasteiger partial charge in [-0.3, -0.25) is 0 Å². The second-order valence-corrected chi connectivity index (χ2v) is 8.69. The number of pyridine rings is 1. The zero-order valence-corrected chi connectivity index (χ0v) is 15.9. The van der Waals surface area contributed by atoms with E-state index in [9.17, 15) is 26.4 Å². The lowest BCUT2D eigenvalue weighted by Gasteiger charge is -2.24. The summed E-state index contributed by atoms with van der Waals surface area (Å²) in [4.78, 5) is 15.7. The van der Waals surface area contributed by atoms with Crippen molar-refractivity contribution in [2.45, 2.75) is 63.6 Å². The highest BCUT2D eigenvalue weighted by atomic mass is 32.2. The van der Waals surface area contributed by atoms with Crippen LogP contribution in [0.4, 0.5) is 18.0 Å². The number of rotatable bonds is 3. The van der Waals surface area contributed by atoms with Crippen molar-refractivity contribution in [3.63, 3.8) is 0 Å². The SMILES string of the molecule is CC(C)(C)OC(=O)NC1CCCCc2cc(OS(=O)(=O)C(F)(F)F)ncc21. The number of aryl methyl sites for hydroxylation is 1. The van der Waals surface area contributed by atoms with Crippen molar-refractivity contribution in [2.24, 2.45) is 0 Å². The summed E-state index contributed by atoms with van der Waals surface area (Å²) in [6.45, 7) is 5.17. The van der Waals surface area contributed by atoms with Crippen LogP contribution in [0.3, 0.4) is 0 Å². The Balaban J connectivity index is 2.23. The Labute approximate surface area is 155 Å². The maximum atomic E-state index is 12.5.